The highest BCUT2D eigenvalue weighted by Crippen LogP contribution is 2.21. The van der Waals surface area contributed by atoms with Crippen LogP contribution in [0.4, 0.5) is 3.89 Å². The van der Waals surface area contributed by atoms with Crippen molar-refractivity contribution in [3.05, 3.63) is 35.9 Å². The lowest BCUT2D eigenvalue weighted by Gasteiger charge is -2.11. The molecule has 16 heavy (non-hydrogen) atoms. The van der Waals surface area contributed by atoms with E-state index in [2.05, 4.69) is 4.18 Å². The van der Waals surface area contributed by atoms with Crippen LogP contribution in [-0.4, -0.2) is 14.4 Å². The Morgan fingerprint density at radius 1 is 1.38 bits per heavy atom. The Balaban J connectivity index is 2.88. The first-order valence-electron chi connectivity index (χ1n) is 4.67. The minimum Gasteiger partial charge on any atom is -0.321 e. The second-order valence-corrected chi connectivity index (χ2v) is 4.12. The van der Waals surface area contributed by atoms with Crippen molar-refractivity contribution in [3.63, 3.8) is 0 Å². The molecule has 0 amide bonds. The van der Waals surface area contributed by atoms with E-state index in [1.165, 1.54) is 0 Å². The molecule has 0 N–H and O–H groups in total. The molecule has 1 aromatic rings. The molecule has 1 rings (SSSR count). The van der Waals surface area contributed by atoms with Gasteiger partial charge in [0, 0.05) is 0 Å². The van der Waals surface area contributed by atoms with E-state index in [9.17, 15) is 17.1 Å². The summed E-state index contributed by atoms with van der Waals surface area (Å²) in [5, 5.41) is 0. The number of benzene rings is 1. The molecule has 0 bridgehead atoms. The van der Waals surface area contributed by atoms with Crippen LogP contribution in [0.15, 0.2) is 30.3 Å². The molecule has 1 unspecified atom stereocenters. The van der Waals surface area contributed by atoms with Crippen LogP contribution in [0.25, 0.3) is 0 Å². The van der Waals surface area contributed by atoms with Gasteiger partial charge >= 0.3 is 16.5 Å². The molecule has 0 saturated carbocycles. The first-order valence-corrected chi connectivity index (χ1v) is 5.97. The van der Waals surface area contributed by atoms with E-state index < -0.39 is 22.4 Å². The Morgan fingerprint density at radius 3 is 2.38 bits per heavy atom. The highest BCUT2D eigenvalue weighted by molar-refractivity contribution is 7.81. The molecule has 0 fully saturated rings. The van der Waals surface area contributed by atoms with Crippen molar-refractivity contribution in [2.75, 3.05) is 0 Å². The summed E-state index contributed by atoms with van der Waals surface area (Å²) in [6, 6.07) is 8.47. The van der Waals surface area contributed by atoms with Crippen LogP contribution >= 0.6 is 0 Å². The Hall–Kier alpha value is -1.43. The van der Waals surface area contributed by atoms with Crippen LogP contribution in [0.5, 0.6) is 0 Å². The second-order valence-electron chi connectivity index (χ2n) is 3.17. The van der Waals surface area contributed by atoms with Crippen LogP contribution in [0.2, 0.25) is 0 Å². The zero-order chi connectivity index (χ0) is 12.2. The van der Waals surface area contributed by atoms with E-state index >= 15 is 0 Å². The largest absolute Gasteiger partial charge is 0.491 e. The Bertz CT molecular complexity index is 455. The average molecular weight is 246 g/mol. The van der Waals surface area contributed by atoms with Crippen molar-refractivity contribution in [3.8, 4) is 0 Å². The molecule has 0 aliphatic carbocycles. The van der Waals surface area contributed by atoms with Gasteiger partial charge in [0.25, 0.3) is 0 Å². The molecule has 0 spiro atoms. The first kappa shape index (κ1) is 12.6. The van der Waals surface area contributed by atoms with Crippen molar-refractivity contribution in [2.24, 2.45) is 0 Å². The van der Waals surface area contributed by atoms with E-state index in [0.717, 1.165) is 0 Å². The van der Waals surface area contributed by atoms with Gasteiger partial charge in [0.05, 0.1) is 5.92 Å². The van der Waals surface area contributed by atoms with Crippen LogP contribution in [-0.2, 0) is 19.5 Å². The topological polar surface area (TPSA) is 60.4 Å². The number of halogens is 1. The molecule has 0 saturated heterocycles. The van der Waals surface area contributed by atoms with Gasteiger partial charge in [-0.05, 0) is 12.0 Å². The number of carbonyl (C=O) groups excluding carboxylic acids is 1. The molecule has 0 aliphatic heterocycles. The highest BCUT2D eigenvalue weighted by atomic mass is 32.3. The lowest BCUT2D eigenvalue weighted by Crippen LogP contribution is -2.17. The highest BCUT2D eigenvalue weighted by Gasteiger charge is 2.25. The summed E-state index contributed by atoms with van der Waals surface area (Å²) in [6.07, 6.45) is 0.332. The van der Waals surface area contributed by atoms with E-state index in [-0.39, 0.29) is 0 Å². The Morgan fingerprint density at radius 2 is 1.94 bits per heavy atom. The third-order valence-electron chi connectivity index (χ3n) is 2.08. The van der Waals surface area contributed by atoms with E-state index in [0.29, 0.717) is 12.0 Å². The minimum atomic E-state index is -5.24. The van der Waals surface area contributed by atoms with Crippen molar-refractivity contribution < 1.29 is 21.3 Å². The molecule has 6 heteroatoms. The summed E-state index contributed by atoms with van der Waals surface area (Å²) < 4.78 is 36.3. The standard InChI is InChI=1S/C10H11FO4S/c1-2-9(8-6-4-3-5-7-8)10(12)15-16(11,13)14/h3-7,9H,2H2,1H3. The van der Waals surface area contributed by atoms with Crippen LogP contribution < -0.4 is 0 Å². The second kappa shape index (κ2) is 5.07. The summed E-state index contributed by atoms with van der Waals surface area (Å²) in [5.74, 6) is -1.87. The fourth-order valence-corrected chi connectivity index (χ4v) is 1.69. The van der Waals surface area contributed by atoms with Gasteiger partial charge in [0.2, 0.25) is 0 Å². The van der Waals surface area contributed by atoms with Crippen LogP contribution in [0, 0.1) is 0 Å². The maximum absolute atomic E-state index is 12.2. The maximum Gasteiger partial charge on any atom is 0.491 e. The molecule has 88 valence electrons. The Kier molecular flexibility index (Phi) is 4.00. The Labute approximate surface area is 93.5 Å². The van der Waals surface area contributed by atoms with E-state index in [1.54, 1.807) is 37.3 Å². The van der Waals surface area contributed by atoms with Gasteiger partial charge in [-0.25, -0.2) is 0 Å². The summed E-state index contributed by atoms with van der Waals surface area (Å²) in [4.78, 5) is 11.3. The van der Waals surface area contributed by atoms with Gasteiger partial charge in [-0.2, -0.15) is 8.42 Å². The van der Waals surface area contributed by atoms with Crippen molar-refractivity contribution in [1.82, 2.24) is 0 Å². The third-order valence-corrected chi connectivity index (χ3v) is 2.44. The molecular weight excluding hydrogens is 235 g/mol. The van der Waals surface area contributed by atoms with Crippen molar-refractivity contribution >= 4 is 16.5 Å². The molecule has 0 aromatic heterocycles. The number of hydrogen-bond acceptors (Lipinski definition) is 4. The average Bonchev–Trinajstić information content (AvgIpc) is 2.17. The van der Waals surface area contributed by atoms with E-state index in [4.69, 9.17) is 0 Å². The summed E-state index contributed by atoms with van der Waals surface area (Å²) in [6.45, 7) is 1.68. The van der Waals surface area contributed by atoms with Crippen LogP contribution in [0.1, 0.15) is 24.8 Å². The van der Waals surface area contributed by atoms with Crippen molar-refractivity contribution in [1.29, 1.82) is 0 Å². The van der Waals surface area contributed by atoms with Crippen LogP contribution in [0.3, 0.4) is 0 Å². The predicted octanol–water partition coefficient (Wildman–Crippen LogP) is 1.94. The maximum atomic E-state index is 12.2. The van der Waals surface area contributed by atoms with Gasteiger partial charge in [-0.15, -0.1) is 0 Å². The monoisotopic (exact) mass is 246 g/mol. The molecule has 0 heterocycles. The minimum absolute atomic E-state index is 0.332. The molecule has 0 radical (unpaired) electrons. The predicted molar refractivity (Wildman–Crippen MR) is 55.6 cm³/mol. The lowest BCUT2D eigenvalue weighted by atomic mass is 9.97. The zero-order valence-electron chi connectivity index (χ0n) is 8.59. The third kappa shape index (κ3) is 3.62. The normalized spacial score (nSPS) is 13.1. The summed E-state index contributed by atoms with van der Waals surface area (Å²) >= 11 is 0. The van der Waals surface area contributed by atoms with E-state index in [1.807, 2.05) is 0 Å². The fourth-order valence-electron chi connectivity index (χ4n) is 1.38. The van der Waals surface area contributed by atoms with Gasteiger partial charge < -0.3 is 4.18 Å². The van der Waals surface area contributed by atoms with Gasteiger partial charge in [0.15, 0.2) is 0 Å². The summed E-state index contributed by atoms with van der Waals surface area (Å²) in [7, 11) is -5.24. The number of rotatable bonds is 4. The van der Waals surface area contributed by atoms with Gasteiger partial charge in [-0.1, -0.05) is 41.1 Å². The summed E-state index contributed by atoms with van der Waals surface area (Å²) in [5.41, 5.74) is 0.596. The van der Waals surface area contributed by atoms with Gasteiger partial charge in [-0.3, -0.25) is 4.79 Å². The number of carbonyl (C=O) groups is 1. The fraction of sp³-hybridized carbons (Fsp3) is 0.300. The quantitative estimate of drug-likeness (QED) is 0.762. The van der Waals surface area contributed by atoms with Gasteiger partial charge in [0.1, 0.15) is 0 Å². The molecule has 1 atom stereocenters. The molecule has 0 aliphatic rings. The SMILES string of the molecule is CCC(C(=O)OS(=O)(=O)F)c1ccccc1. The smallest absolute Gasteiger partial charge is 0.321 e. The molecular formula is C10H11FO4S. The first-order chi connectivity index (χ1) is 7.44. The zero-order valence-corrected chi connectivity index (χ0v) is 9.41. The lowest BCUT2D eigenvalue weighted by molar-refractivity contribution is -0.135. The number of hydrogen-bond donors (Lipinski definition) is 0. The molecule has 4 nitrogen and oxygen atoms in total. The molecule has 1 aromatic carbocycles. The van der Waals surface area contributed by atoms with Crippen molar-refractivity contribution in [2.45, 2.75) is 19.3 Å².